The van der Waals surface area contributed by atoms with E-state index in [4.69, 9.17) is 0 Å². The lowest BCUT2D eigenvalue weighted by Gasteiger charge is -2.40. The summed E-state index contributed by atoms with van der Waals surface area (Å²) >= 11 is 0. The normalized spacial score (nSPS) is 21.8. The van der Waals surface area contributed by atoms with Crippen LogP contribution < -0.4 is 0 Å². The van der Waals surface area contributed by atoms with Crippen LogP contribution in [0.5, 0.6) is 0 Å². The van der Waals surface area contributed by atoms with Gasteiger partial charge in [0.2, 0.25) is 11.8 Å². The summed E-state index contributed by atoms with van der Waals surface area (Å²) in [4.78, 5) is 30.1. The van der Waals surface area contributed by atoms with Crippen LogP contribution in [-0.2, 0) is 9.59 Å². The van der Waals surface area contributed by atoms with Crippen molar-refractivity contribution in [3.63, 3.8) is 0 Å². The number of hydrogen-bond donors (Lipinski definition) is 0. The average molecular weight is 334 g/mol. The molecule has 0 unspecified atom stereocenters. The van der Waals surface area contributed by atoms with Crippen LogP contribution in [0.3, 0.4) is 0 Å². The van der Waals surface area contributed by atoms with Crippen molar-refractivity contribution in [1.82, 2.24) is 14.7 Å². The van der Waals surface area contributed by atoms with E-state index in [0.29, 0.717) is 6.54 Å². The highest BCUT2D eigenvalue weighted by molar-refractivity contribution is 5.80. The van der Waals surface area contributed by atoms with E-state index >= 15 is 0 Å². The third-order valence-corrected chi connectivity index (χ3v) is 5.64. The Kier molecular flexibility index (Phi) is 6.22. The molecule has 6 nitrogen and oxygen atoms in total. The molecular formula is C18H30N4O2. The van der Waals surface area contributed by atoms with Crippen LogP contribution in [0.4, 0.5) is 0 Å². The second-order valence-corrected chi connectivity index (χ2v) is 7.44. The van der Waals surface area contributed by atoms with Crippen molar-refractivity contribution in [1.29, 1.82) is 5.26 Å². The van der Waals surface area contributed by atoms with Gasteiger partial charge in [-0.3, -0.25) is 14.5 Å². The summed E-state index contributed by atoms with van der Waals surface area (Å²) in [6, 6.07) is 2.41. The number of nitrogens with zero attached hydrogens (tertiary/aromatic N) is 4. The Balaban J connectivity index is 1.87. The van der Waals surface area contributed by atoms with Crippen LogP contribution in [0, 0.1) is 17.2 Å². The zero-order chi connectivity index (χ0) is 17.7. The van der Waals surface area contributed by atoms with Gasteiger partial charge in [-0.15, -0.1) is 0 Å². The second-order valence-electron chi connectivity index (χ2n) is 7.44. The third kappa shape index (κ3) is 4.07. The second kappa shape index (κ2) is 7.98. The zero-order valence-corrected chi connectivity index (χ0v) is 15.3. The minimum Gasteiger partial charge on any atom is -0.349 e. The first kappa shape index (κ1) is 18.7. The van der Waals surface area contributed by atoms with Crippen LogP contribution in [0.1, 0.15) is 44.9 Å². The van der Waals surface area contributed by atoms with Crippen molar-refractivity contribution in [3.05, 3.63) is 0 Å². The number of amides is 2. The molecule has 0 radical (unpaired) electrons. The minimum absolute atomic E-state index is 0.0239. The SMILES string of the molecule is CN(C)C(=O)C1CCN(CC(=O)N(C)C2(C#N)CCCCC2)CC1. The molecule has 6 heteroatoms. The Morgan fingerprint density at radius 3 is 2.21 bits per heavy atom. The number of carbonyl (C=O) groups is 2. The predicted molar refractivity (Wildman–Crippen MR) is 92.1 cm³/mol. The zero-order valence-electron chi connectivity index (χ0n) is 15.3. The molecule has 0 N–H and O–H groups in total. The lowest BCUT2D eigenvalue weighted by Crippen LogP contribution is -2.53. The number of nitriles is 1. The fraction of sp³-hybridized carbons (Fsp3) is 0.833. The summed E-state index contributed by atoms with van der Waals surface area (Å²) in [6.07, 6.45) is 6.36. The fourth-order valence-corrected chi connectivity index (χ4v) is 3.90. The Labute approximate surface area is 145 Å². The van der Waals surface area contributed by atoms with Crippen molar-refractivity contribution < 1.29 is 9.59 Å². The highest BCUT2D eigenvalue weighted by atomic mass is 16.2. The van der Waals surface area contributed by atoms with Gasteiger partial charge >= 0.3 is 0 Å². The highest BCUT2D eigenvalue weighted by Gasteiger charge is 2.39. The molecule has 1 saturated heterocycles. The smallest absolute Gasteiger partial charge is 0.237 e. The summed E-state index contributed by atoms with van der Waals surface area (Å²) in [7, 11) is 5.36. The molecular weight excluding hydrogens is 304 g/mol. The van der Waals surface area contributed by atoms with Gasteiger partial charge in [-0.2, -0.15) is 5.26 Å². The summed E-state index contributed by atoms with van der Waals surface area (Å²) < 4.78 is 0. The monoisotopic (exact) mass is 334 g/mol. The van der Waals surface area contributed by atoms with Crippen LogP contribution >= 0.6 is 0 Å². The Bertz CT molecular complexity index is 498. The van der Waals surface area contributed by atoms with Crippen molar-refractivity contribution in [2.75, 3.05) is 40.8 Å². The topological polar surface area (TPSA) is 67.7 Å². The number of likely N-dealkylation sites (N-methyl/N-ethyl adjacent to an activating group) is 1. The van der Waals surface area contributed by atoms with Gasteiger partial charge in [0.05, 0.1) is 12.6 Å². The summed E-state index contributed by atoms with van der Waals surface area (Å²) in [5.74, 6) is 0.285. The van der Waals surface area contributed by atoms with E-state index in [-0.39, 0.29) is 17.7 Å². The molecule has 2 aliphatic rings. The Morgan fingerprint density at radius 1 is 1.12 bits per heavy atom. The van der Waals surface area contributed by atoms with Crippen LogP contribution in [0.15, 0.2) is 0 Å². The lowest BCUT2D eigenvalue weighted by atomic mass is 9.81. The molecule has 1 aliphatic heterocycles. The first-order chi connectivity index (χ1) is 11.4. The summed E-state index contributed by atoms with van der Waals surface area (Å²) in [6.45, 7) is 1.88. The number of rotatable bonds is 4. The van der Waals surface area contributed by atoms with E-state index in [0.717, 1.165) is 58.0 Å². The molecule has 24 heavy (non-hydrogen) atoms. The maximum absolute atomic E-state index is 12.7. The Hall–Kier alpha value is -1.61. The molecule has 0 atom stereocenters. The molecule has 2 rings (SSSR count). The molecule has 2 fully saturated rings. The van der Waals surface area contributed by atoms with E-state index in [9.17, 15) is 14.9 Å². The first-order valence-electron chi connectivity index (χ1n) is 9.01. The lowest BCUT2D eigenvalue weighted by molar-refractivity contribution is -0.137. The third-order valence-electron chi connectivity index (χ3n) is 5.64. The fourth-order valence-electron chi connectivity index (χ4n) is 3.90. The van der Waals surface area contributed by atoms with E-state index < -0.39 is 5.54 Å². The van der Waals surface area contributed by atoms with Crippen molar-refractivity contribution in [2.45, 2.75) is 50.5 Å². The average Bonchev–Trinajstić information content (AvgIpc) is 2.61. The minimum atomic E-state index is -0.617. The van der Waals surface area contributed by atoms with Crippen molar-refractivity contribution >= 4 is 11.8 Å². The maximum Gasteiger partial charge on any atom is 0.237 e. The number of carbonyl (C=O) groups excluding carboxylic acids is 2. The first-order valence-corrected chi connectivity index (χ1v) is 9.01. The number of piperidine rings is 1. The van der Waals surface area contributed by atoms with Crippen molar-refractivity contribution in [2.24, 2.45) is 5.92 Å². The van der Waals surface area contributed by atoms with Gasteiger partial charge in [-0.05, 0) is 38.8 Å². The largest absolute Gasteiger partial charge is 0.349 e. The standard InChI is InChI=1S/C18H30N4O2/c1-20(2)17(24)15-7-11-22(12-8-15)13-16(23)21(3)18(14-19)9-5-4-6-10-18/h15H,4-13H2,1-3H3. The molecule has 1 saturated carbocycles. The van der Waals surface area contributed by atoms with Gasteiger partial charge in [0, 0.05) is 27.1 Å². The van der Waals surface area contributed by atoms with Gasteiger partial charge < -0.3 is 9.80 Å². The number of likely N-dealkylation sites (tertiary alicyclic amines) is 1. The van der Waals surface area contributed by atoms with E-state index in [1.54, 1.807) is 30.9 Å². The summed E-state index contributed by atoms with van der Waals surface area (Å²) in [5, 5.41) is 9.61. The Morgan fingerprint density at radius 2 is 1.71 bits per heavy atom. The molecule has 134 valence electrons. The van der Waals surface area contributed by atoms with Crippen molar-refractivity contribution in [3.8, 4) is 6.07 Å². The molecule has 0 aromatic heterocycles. The van der Waals surface area contributed by atoms with Gasteiger partial charge in [0.1, 0.15) is 5.54 Å². The van der Waals surface area contributed by atoms with E-state index in [2.05, 4.69) is 11.0 Å². The molecule has 1 aliphatic carbocycles. The summed E-state index contributed by atoms with van der Waals surface area (Å²) in [5.41, 5.74) is -0.617. The molecule has 0 bridgehead atoms. The predicted octanol–water partition coefficient (Wildman–Crippen LogP) is 1.47. The van der Waals surface area contributed by atoms with E-state index in [1.807, 2.05) is 0 Å². The van der Waals surface area contributed by atoms with Crippen LogP contribution in [0.2, 0.25) is 0 Å². The molecule has 2 amide bonds. The van der Waals surface area contributed by atoms with Gasteiger partial charge in [-0.25, -0.2) is 0 Å². The number of hydrogen-bond acceptors (Lipinski definition) is 4. The maximum atomic E-state index is 12.7. The van der Waals surface area contributed by atoms with Gasteiger partial charge in [0.15, 0.2) is 0 Å². The van der Waals surface area contributed by atoms with E-state index in [1.165, 1.54) is 0 Å². The molecule has 0 aromatic rings. The van der Waals surface area contributed by atoms with Crippen LogP contribution in [-0.4, -0.2) is 72.8 Å². The quantitative estimate of drug-likeness (QED) is 0.781. The molecule has 0 spiro atoms. The van der Waals surface area contributed by atoms with Gasteiger partial charge in [0.25, 0.3) is 0 Å². The van der Waals surface area contributed by atoms with Crippen LogP contribution in [0.25, 0.3) is 0 Å². The molecule has 0 aromatic carbocycles. The van der Waals surface area contributed by atoms with Gasteiger partial charge in [-0.1, -0.05) is 19.3 Å². The highest BCUT2D eigenvalue weighted by Crippen LogP contribution is 2.32. The molecule has 1 heterocycles.